The second-order valence-electron chi connectivity index (χ2n) is 10.9. The van der Waals surface area contributed by atoms with Gasteiger partial charge in [-0.2, -0.15) is 0 Å². The van der Waals surface area contributed by atoms with Crippen LogP contribution in [0.2, 0.25) is 0 Å². The Morgan fingerprint density at radius 2 is 1.60 bits per heavy atom. The van der Waals surface area contributed by atoms with E-state index < -0.39 is 54.6 Å². The molecule has 1 aromatic heterocycles. The predicted molar refractivity (Wildman–Crippen MR) is 159 cm³/mol. The molecule has 0 amide bonds. The van der Waals surface area contributed by atoms with Gasteiger partial charge in [-0.3, -0.25) is 24.3 Å². The molecule has 1 unspecified atom stereocenters. The maximum Gasteiger partial charge on any atom is 0.303 e. The van der Waals surface area contributed by atoms with Crippen molar-refractivity contribution in [2.45, 2.75) is 97.9 Å². The summed E-state index contributed by atoms with van der Waals surface area (Å²) in [4.78, 5) is 58.7. The molecule has 1 aliphatic heterocycles. The molecule has 0 spiro atoms. The van der Waals surface area contributed by atoms with Gasteiger partial charge in [0.15, 0.2) is 12.2 Å². The zero-order valence-corrected chi connectivity index (χ0v) is 26.5. The molecule has 2 heterocycles. The number of carbonyl (C=O) groups is 5. The highest BCUT2D eigenvalue weighted by Gasteiger charge is 2.53. The van der Waals surface area contributed by atoms with E-state index in [9.17, 15) is 24.0 Å². The Morgan fingerprint density at radius 1 is 0.956 bits per heavy atom. The average molecular weight is 629 g/mol. The number of aromatic nitrogens is 2. The monoisotopic (exact) mass is 628 g/mol. The third kappa shape index (κ3) is 9.73. The van der Waals surface area contributed by atoms with Gasteiger partial charge in [-0.25, -0.2) is 0 Å². The first-order chi connectivity index (χ1) is 21.3. The molecule has 13 nitrogen and oxygen atoms in total. The van der Waals surface area contributed by atoms with Crippen molar-refractivity contribution in [1.29, 1.82) is 0 Å². The van der Waals surface area contributed by atoms with Gasteiger partial charge < -0.3 is 33.2 Å². The van der Waals surface area contributed by atoms with Crippen LogP contribution in [0.3, 0.4) is 0 Å². The van der Waals surface area contributed by atoms with E-state index in [-0.39, 0.29) is 18.4 Å². The highest BCUT2D eigenvalue weighted by atomic mass is 16.7. The van der Waals surface area contributed by atoms with Crippen LogP contribution >= 0.6 is 0 Å². The molecule has 3 rings (SSSR count). The number of aldehydes is 1. The van der Waals surface area contributed by atoms with Crippen LogP contribution in [-0.4, -0.2) is 77.7 Å². The molecule has 1 N–H and O–H groups in total. The van der Waals surface area contributed by atoms with Crippen molar-refractivity contribution < 1.29 is 52.4 Å². The zero-order valence-electron chi connectivity index (χ0n) is 26.5. The van der Waals surface area contributed by atoms with E-state index in [2.05, 4.69) is 10.2 Å². The normalized spacial score (nSPS) is 21.3. The summed E-state index contributed by atoms with van der Waals surface area (Å²) in [6, 6.07) is 5.93. The lowest BCUT2D eigenvalue weighted by Gasteiger charge is -2.43. The van der Waals surface area contributed by atoms with Gasteiger partial charge in [-0.15, -0.1) is 5.10 Å². The summed E-state index contributed by atoms with van der Waals surface area (Å²) >= 11 is 0. The minimum atomic E-state index is -1.42. The second kappa shape index (κ2) is 16.0. The highest BCUT2D eigenvalue weighted by Crippen LogP contribution is 2.34. The molecule has 0 saturated carbocycles. The molecule has 0 bridgehead atoms. The summed E-state index contributed by atoms with van der Waals surface area (Å²) < 4.78 is 34.0. The zero-order chi connectivity index (χ0) is 33.3. The number of hydrogen-bond donors (Lipinski definition) is 1. The molecule has 13 heteroatoms. The quantitative estimate of drug-likeness (QED) is 0.195. The Bertz CT molecular complexity index is 1410. The fourth-order valence-corrected chi connectivity index (χ4v) is 4.97. The number of aryl methyl sites for hydroxylation is 1. The van der Waals surface area contributed by atoms with E-state index >= 15 is 0 Å². The minimum absolute atomic E-state index is 0.0195. The maximum atomic E-state index is 12.2. The van der Waals surface area contributed by atoms with Crippen LogP contribution in [0.1, 0.15) is 81.8 Å². The molecule has 244 valence electrons. The van der Waals surface area contributed by atoms with E-state index in [4.69, 9.17) is 28.4 Å². The van der Waals surface area contributed by atoms with Crippen molar-refractivity contribution in [2.24, 2.45) is 0 Å². The topological polar surface area (TPSA) is 169 Å². The first-order valence-corrected chi connectivity index (χ1v) is 14.5. The van der Waals surface area contributed by atoms with Gasteiger partial charge in [-0.1, -0.05) is 44.2 Å². The van der Waals surface area contributed by atoms with Crippen LogP contribution in [-0.2, 0) is 54.1 Å². The SMILES string of the molecule is CC(=O)OC[C@H]1O[C@@H](Oc2n[nH]c(C(C)C)c2Cc2ccc(/C=C/CC=O)cc2C)[C@H](OC(C)=O)C(OC(C)=O)[C@@H]1OC(C)=O. The van der Waals surface area contributed by atoms with Gasteiger partial charge in [0, 0.05) is 51.8 Å². The molecule has 1 saturated heterocycles. The molecule has 2 aromatic rings. The van der Waals surface area contributed by atoms with Crippen molar-refractivity contribution in [3.63, 3.8) is 0 Å². The number of allylic oxidation sites excluding steroid dienone is 1. The molecule has 0 aliphatic carbocycles. The largest absolute Gasteiger partial charge is 0.463 e. The number of nitrogens with zero attached hydrogens (tertiary/aromatic N) is 1. The molecule has 1 aromatic carbocycles. The lowest BCUT2D eigenvalue weighted by atomic mass is 9.95. The van der Waals surface area contributed by atoms with Gasteiger partial charge in [0.05, 0.1) is 0 Å². The number of H-pyrrole nitrogens is 1. The fourth-order valence-electron chi connectivity index (χ4n) is 4.97. The van der Waals surface area contributed by atoms with E-state index in [1.54, 1.807) is 6.08 Å². The van der Waals surface area contributed by atoms with Crippen LogP contribution in [0.4, 0.5) is 0 Å². The molecule has 1 fully saturated rings. The summed E-state index contributed by atoms with van der Waals surface area (Å²) in [6.07, 6.45) is -1.41. The van der Waals surface area contributed by atoms with Gasteiger partial charge in [0.25, 0.3) is 0 Å². The Balaban J connectivity index is 2.04. The number of carbonyl (C=O) groups excluding carboxylic acids is 5. The number of ether oxygens (including phenoxy) is 6. The minimum Gasteiger partial charge on any atom is -0.463 e. The standard InChI is InChI=1S/C32H40N2O11/c1-17(2)27-25(15-24-12-11-23(14-18(24)3)10-8-9-13-35)31(34-33-27)45-32-30(43-22(7)39)29(42-21(6)38)28(41-20(5)37)26(44-32)16-40-19(4)36/h8,10-14,17,26,28-30,32H,9,15-16H2,1-7H3,(H,33,34)/b10-8+/t26-,28-,29?,30-,32+/m1/s1. The van der Waals surface area contributed by atoms with Crippen molar-refractivity contribution in [3.8, 4) is 5.88 Å². The van der Waals surface area contributed by atoms with Gasteiger partial charge in [0.2, 0.25) is 18.3 Å². The van der Waals surface area contributed by atoms with Gasteiger partial charge >= 0.3 is 23.9 Å². The number of benzene rings is 1. The predicted octanol–water partition coefficient (Wildman–Crippen LogP) is 3.50. The summed E-state index contributed by atoms with van der Waals surface area (Å²) in [5, 5.41) is 7.43. The summed E-state index contributed by atoms with van der Waals surface area (Å²) in [7, 11) is 0. The van der Waals surface area contributed by atoms with Gasteiger partial charge in [0.1, 0.15) is 19.0 Å². The van der Waals surface area contributed by atoms with Crippen molar-refractivity contribution in [1.82, 2.24) is 10.2 Å². The van der Waals surface area contributed by atoms with Crippen LogP contribution < -0.4 is 4.74 Å². The lowest BCUT2D eigenvalue weighted by molar-refractivity contribution is -0.289. The Morgan fingerprint density at radius 3 is 2.18 bits per heavy atom. The van der Waals surface area contributed by atoms with Crippen LogP contribution in [0.25, 0.3) is 6.08 Å². The smallest absolute Gasteiger partial charge is 0.303 e. The van der Waals surface area contributed by atoms with E-state index in [0.717, 1.165) is 49.4 Å². The van der Waals surface area contributed by atoms with Crippen LogP contribution in [0, 0.1) is 6.92 Å². The molecular formula is C32H40N2O11. The number of esters is 4. The molecular weight excluding hydrogens is 588 g/mol. The number of aromatic amines is 1. The number of rotatable bonds is 13. The third-order valence-electron chi connectivity index (χ3n) is 6.89. The third-order valence-corrected chi connectivity index (χ3v) is 6.89. The van der Waals surface area contributed by atoms with Crippen LogP contribution in [0.15, 0.2) is 24.3 Å². The van der Waals surface area contributed by atoms with E-state index in [1.807, 2.05) is 45.0 Å². The maximum absolute atomic E-state index is 12.2. The fraction of sp³-hybridized carbons (Fsp3) is 0.500. The Kier molecular flexibility index (Phi) is 12.4. The van der Waals surface area contributed by atoms with E-state index in [1.165, 1.54) is 6.92 Å². The van der Waals surface area contributed by atoms with Crippen molar-refractivity contribution in [2.75, 3.05) is 6.61 Å². The first kappa shape index (κ1) is 35.0. The lowest BCUT2D eigenvalue weighted by Crippen LogP contribution is -2.63. The number of nitrogens with one attached hydrogen (secondary N) is 1. The van der Waals surface area contributed by atoms with E-state index in [0.29, 0.717) is 18.4 Å². The molecule has 1 aliphatic rings. The van der Waals surface area contributed by atoms with Crippen molar-refractivity contribution >= 4 is 36.2 Å². The summed E-state index contributed by atoms with van der Waals surface area (Å²) in [5.74, 6) is -2.67. The molecule has 0 radical (unpaired) electrons. The Labute approximate surface area is 261 Å². The van der Waals surface area contributed by atoms with Gasteiger partial charge in [-0.05, 0) is 29.5 Å². The van der Waals surface area contributed by atoms with Crippen molar-refractivity contribution in [3.05, 3.63) is 52.2 Å². The van der Waals surface area contributed by atoms with Crippen LogP contribution in [0.5, 0.6) is 5.88 Å². The number of hydrogen-bond acceptors (Lipinski definition) is 12. The second-order valence-corrected chi connectivity index (χ2v) is 10.9. The summed E-state index contributed by atoms with van der Waals surface area (Å²) in [6.45, 7) is 10.2. The average Bonchev–Trinajstić information content (AvgIpc) is 3.34. The Hall–Kier alpha value is -4.52. The summed E-state index contributed by atoms with van der Waals surface area (Å²) in [5.41, 5.74) is 4.44. The first-order valence-electron chi connectivity index (χ1n) is 14.5. The highest BCUT2D eigenvalue weighted by molar-refractivity contribution is 5.69. The molecule has 5 atom stereocenters. The molecule has 45 heavy (non-hydrogen) atoms.